The van der Waals surface area contributed by atoms with Crippen molar-refractivity contribution in [1.29, 1.82) is 0 Å². The molecule has 222 valence electrons. The summed E-state index contributed by atoms with van der Waals surface area (Å²) in [5.74, 6) is -0.833. The average molecular weight is 659 g/mol. The number of benzene rings is 2. The van der Waals surface area contributed by atoms with Gasteiger partial charge in [-0.05, 0) is 54.4 Å². The van der Waals surface area contributed by atoms with Gasteiger partial charge in [0.1, 0.15) is 5.69 Å². The molecule has 0 radical (unpaired) electrons. The van der Waals surface area contributed by atoms with Crippen LogP contribution in [0, 0.1) is 6.92 Å². The van der Waals surface area contributed by atoms with Gasteiger partial charge >= 0.3 is 34.8 Å². The molecule has 0 fully saturated rings. The zero-order valence-corrected chi connectivity index (χ0v) is 23.5. The monoisotopic (exact) mass is 660 g/mol. The van der Waals surface area contributed by atoms with Crippen molar-refractivity contribution in [2.75, 3.05) is 0 Å². The van der Waals surface area contributed by atoms with Crippen molar-refractivity contribution in [3.8, 4) is 22.3 Å². The molecule has 0 atom stereocenters. The molecule has 2 aromatic heterocycles. The number of alkyl halides is 6. The molecule has 0 spiro atoms. The molecule has 0 aliphatic heterocycles. The molecular formula is C28H22F6N2O5Se. The fourth-order valence-corrected chi connectivity index (χ4v) is 3.03. The molecule has 0 aliphatic carbocycles. The predicted octanol–water partition coefficient (Wildman–Crippen LogP) is 7.13. The molecule has 2 heterocycles. The number of carbonyl (C=O) groups excluding carboxylic acids is 1. The number of carboxylic acid groups (broad SMARTS) is 1. The summed E-state index contributed by atoms with van der Waals surface area (Å²) in [6.45, 7) is 2.91. The fraction of sp³-hybridized carbons (Fsp3) is 0.143. The molecule has 4 aromatic rings. The molecule has 4 rings (SSSR count). The van der Waals surface area contributed by atoms with Crippen molar-refractivity contribution in [1.82, 2.24) is 9.97 Å². The van der Waals surface area contributed by atoms with Crippen LogP contribution in [-0.4, -0.2) is 42.2 Å². The Kier molecular flexibility index (Phi) is 14.2. The summed E-state index contributed by atoms with van der Waals surface area (Å²) in [5.41, 5.74) is 1.87. The summed E-state index contributed by atoms with van der Waals surface area (Å²) in [7, 11) is 0. The van der Waals surface area contributed by atoms with Crippen molar-refractivity contribution >= 4 is 27.1 Å². The van der Waals surface area contributed by atoms with Gasteiger partial charge < -0.3 is 5.11 Å². The number of carboxylic acids is 1. The molecule has 0 saturated carbocycles. The van der Waals surface area contributed by atoms with Crippen LogP contribution >= 0.6 is 0 Å². The number of aryl methyl sites for hydroxylation is 1. The first-order valence-electron chi connectivity index (χ1n) is 11.4. The summed E-state index contributed by atoms with van der Waals surface area (Å²) < 4.78 is 92.1. The summed E-state index contributed by atoms with van der Waals surface area (Å²) >= 11 is -1.62. The maximum absolute atomic E-state index is 12.5. The first-order chi connectivity index (χ1) is 19.6. The van der Waals surface area contributed by atoms with E-state index in [1.54, 1.807) is 36.5 Å². The van der Waals surface area contributed by atoms with Gasteiger partial charge in [0.2, 0.25) is 0 Å². The summed E-state index contributed by atoms with van der Waals surface area (Å²) in [6, 6.07) is 16.8. The van der Waals surface area contributed by atoms with Gasteiger partial charge in [0.25, 0.3) is 5.97 Å². The average Bonchev–Trinajstić information content (AvgIpc) is 2.93. The van der Waals surface area contributed by atoms with E-state index in [2.05, 4.69) is 9.97 Å². The Morgan fingerprint density at radius 3 is 1.45 bits per heavy atom. The minimum absolute atomic E-state index is 0.241. The van der Waals surface area contributed by atoms with Gasteiger partial charge in [0.05, 0.1) is 11.1 Å². The SMILES string of the molecule is CC(=O)O.Cc1ccc(-c2cccc(C(F)(F)F)c2)cn1.O=Cc1ccc(-c2cccc(C(F)(F)F)c2)cn1.O=[Se]=O. The fourth-order valence-electron chi connectivity index (χ4n) is 3.03. The molecule has 42 heavy (non-hydrogen) atoms. The molecule has 0 bridgehead atoms. The molecular weight excluding hydrogens is 637 g/mol. The zero-order valence-electron chi connectivity index (χ0n) is 21.8. The molecule has 2 aromatic carbocycles. The quantitative estimate of drug-likeness (QED) is 0.141. The molecule has 1 N–H and O–H groups in total. The number of rotatable bonds is 3. The number of halogens is 6. The normalized spacial score (nSPS) is 10.4. The van der Waals surface area contributed by atoms with Crippen LogP contribution in [0.25, 0.3) is 22.3 Å². The third-order valence-electron chi connectivity index (χ3n) is 4.86. The van der Waals surface area contributed by atoms with Crippen LogP contribution in [0.5, 0.6) is 0 Å². The van der Waals surface area contributed by atoms with E-state index in [4.69, 9.17) is 17.6 Å². The van der Waals surface area contributed by atoms with Crippen LogP contribution < -0.4 is 0 Å². The zero-order chi connectivity index (χ0) is 31.9. The van der Waals surface area contributed by atoms with Gasteiger partial charge in [-0.3, -0.25) is 19.6 Å². The van der Waals surface area contributed by atoms with Crippen LogP contribution in [-0.2, 0) is 24.8 Å². The number of nitrogens with zero attached hydrogens (tertiary/aromatic N) is 2. The minimum atomic E-state index is -4.37. The number of hydrogen-bond donors (Lipinski definition) is 1. The number of aliphatic carboxylic acids is 1. The van der Waals surface area contributed by atoms with E-state index >= 15 is 0 Å². The van der Waals surface area contributed by atoms with Gasteiger partial charge in [-0.15, -0.1) is 0 Å². The van der Waals surface area contributed by atoms with Gasteiger partial charge in [0, 0.05) is 36.1 Å². The first-order valence-corrected chi connectivity index (χ1v) is 12.8. The second-order valence-corrected chi connectivity index (χ2v) is 8.31. The first kappa shape index (κ1) is 35.6. The van der Waals surface area contributed by atoms with E-state index in [9.17, 15) is 31.1 Å². The molecule has 0 unspecified atom stereocenters. The van der Waals surface area contributed by atoms with E-state index in [0.29, 0.717) is 28.5 Å². The third kappa shape index (κ3) is 12.8. The van der Waals surface area contributed by atoms with Crippen LogP contribution in [0.3, 0.4) is 0 Å². The number of pyridine rings is 2. The van der Waals surface area contributed by atoms with Crippen LogP contribution in [0.15, 0.2) is 85.2 Å². The second-order valence-electron chi connectivity index (χ2n) is 8.02. The van der Waals surface area contributed by atoms with Gasteiger partial charge in [-0.1, -0.05) is 36.4 Å². The van der Waals surface area contributed by atoms with Gasteiger partial charge in [-0.2, -0.15) is 26.3 Å². The van der Waals surface area contributed by atoms with Crippen LogP contribution in [0.1, 0.15) is 34.2 Å². The third-order valence-corrected chi connectivity index (χ3v) is 4.86. The van der Waals surface area contributed by atoms with E-state index < -0.39 is 44.3 Å². The van der Waals surface area contributed by atoms with Gasteiger partial charge in [0.15, 0.2) is 6.29 Å². The molecule has 0 aliphatic rings. The standard InChI is InChI=1S/C13H8F3NO.C13H10F3N.C2H4O2.O2Se/c14-13(15,16)11-3-1-2-9(6-11)10-4-5-12(8-18)17-7-10;1-9-5-6-11(8-17-9)10-3-2-4-12(7-10)13(14,15)16;1-2(3)4;1-3-2/h1-8H;2-8H,1H3;1H3,(H,3,4);. The van der Waals surface area contributed by atoms with E-state index in [1.807, 2.05) is 6.92 Å². The molecule has 0 saturated heterocycles. The number of aromatic nitrogens is 2. The summed E-state index contributed by atoms with van der Waals surface area (Å²) in [4.78, 5) is 27.3. The van der Waals surface area contributed by atoms with Crippen LogP contribution in [0.4, 0.5) is 26.3 Å². The number of hydrogen-bond acceptors (Lipinski definition) is 6. The molecule has 7 nitrogen and oxygen atoms in total. The maximum atomic E-state index is 12.5. The van der Waals surface area contributed by atoms with Crippen molar-refractivity contribution in [3.63, 3.8) is 0 Å². The Labute approximate surface area is 241 Å². The van der Waals surface area contributed by atoms with Gasteiger partial charge in [-0.25, -0.2) is 0 Å². The van der Waals surface area contributed by atoms with Crippen molar-refractivity contribution in [3.05, 3.63) is 108 Å². The second kappa shape index (κ2) is 16.7. The van der Waals surface area contributed by atoms with Crippen LogP contribution in [0.2, 0.25) is 0 Å². The molecule has 14 heteroatoms. The topological polar surface area (TPSA) is 114 Å². The Morgan fingerprint density at radius 1 is 0.738 bits per heavy atom. The number of carbonyl (C=O) groups is 2. The van der Waals surface area contributed by atoms with Crippen molar-refractivity contribution < 1.29 is 48.7 Å². The Bertz CT molecular complexity index is 1480. The number of aldehydes is 1. The summed E-state index contributed by atoms with van der Waals surface area (Å²) in [5, 5.41) is 7.42. The van der Waals surface area contributed by atoms with Crippen molar-refractivity contribution in [2.24, 2.45) is 0 Å². The predicted molar refractivity (Wildman–Crippen MR) is 140 cm³/mol. The Balaban J connectivity index is 0.000000345. The summed E-state index contributed by atoms with van der Waals surface area (Å²) in [6.07, 6.45) is -5.15. The Morgan fingerprint density at radius 2 is 1.14 bits per heavy atom. The van der Waals surface area contributed by atoms with E-state index in [1.165, 1.54) is 24.4 Å². The molecule has 0 amide bonds. The Hall–Kier alpha value is -4.42. The van der Waals surface area contributed by atoms with E-state index in [0.717, 1.165) is 36.9 Å². The van der Waals surface area contributed by atoms with Crippen molar-refractivity contribution in [2.45, 2.75) is 26.2 Å². The van der Waals surface area contributed by atoms with E-state index in [-0.39, 0.29) is 5.69 Å².